The molecule has 2 atom stereocenters. The lowest BCUT2D eigenvalue weighted by Gasteiger charge is -2.35. The Kier molecular flexibility index (Phi) is 15.1. The van der Waals surface area contributed by atoms with E-state index in [0.717, 1.165) is 47.0 Å². The Labute approximate surface area is 343 Å². The standard InChI is InChI=1S/C44H55FN6O8/c1-28(29-6-8-30(9-7-29)34-14-18-47-37-12-10-31(45)26-36(34)37)42(55)49-32-15-20-50(21-16-32)40(54)17-22-58-24-25-59-23-19-48-38-5-3-4-35-41(38)44(57)51(43(35)56)33(27-52)11-13-39(53)46-2/h3-5,10,12,14,18,26-30,32-33,48H,6-9,11,13,15-17,19-25H2,1-2H3,(H,46,53)(H,49,55). The number of benzene rings is 2. The number of hydrogen-bond acceptors (Lipinski definition) is 10. The lowest BCUT2D eigenvalue weighted by molar-refractivity contribution is -0.134. The number of rotatable bonds is 19. The van der Waals surface area contributed by atoms with Crippen LogP contribution < -0.4 is 16.0 Å². The zero-order valence-corrected chi connectivity index (χ0v) is 33.9. The van der Waals surface area contributed by atoms with Gasteiger partial charge in [-0.1, -0.05) is 13.0 Å². The molecule has 1 saturated heterocycles. The maximum absolute atomic E-state index is 14.0. The van der Waals surface area contributed by atoms with Crippen molar-refractivity contribution in [2.45, 2.75) is 82.7 Å². The Morgan fingerprint density at radius 1 is 0.932 bits per heavy atom. The summed E-state index contributed by atoms with van der Waals surface area (Å²) in [4.78, 5) is 83.0. The van der Waals surface area contributed by atoms with E-state index in [-0.39, 0.29) is 72.5 Å². The maximum atomic E-state index is 14.0. The van der Waals surface area contributed by atoms with Gasteiger partial charge >= 0.3 is 0 Å². The number of imide groups is 1. The summed E-state index contributed by atoms with van der Waals surface area (Å²) in [5.41, 5.74) is 2.77. The first-order chi connectivity index (χ1) is 28.6. The van der Waals surface area contributed by atoms with Gasteiger partial charge in [0.05, 0.1) is 55.5 Å². The highest BCUT2D eigenvalue weighted by Gasteiger charge is 2.41. The molecule has 2 aromatic carbocycles. The second-order valence-corrected chi connectivity index (χ2v) is 15.7. The SMILES string of the molecule is CNC(=O)CCC(C=O)N1C(=O)c2cccc(NCCOCCOCCC(=O)N3CCC(NC(=O)C(C)C4CCC(c5ccnc6ccc(F)cc56)CC4)CC3)c2C1=O. The number of carbonyl (C=O) groups excluding carboxylic acids is 6. The highest BCUT2D eigenvalue weighted by Crippen LogP contribution is 2.41. The summed E-state index contributed by atoms with van der Waals surface area (Å²) < 4.78 is 25.3. The van der Waals surface area contributed by atoms with Crippen molar-refractivity contribution in [3.8, 4) is 0 Å². The monoisotopic (exact) mass is 814 g/mol. The molecule has 0 bridgehead atoms. The highest BCUT2D eigenvalue weighted by molar-refractivity contribution is 6.24. The van der Waals surface area contributed by atoms with Crippen LogP contribution >= 0.6 is 0 Å². The van der Waals surface area contributed by atoms with Gasteiger partial charge in [-0.3, -0.25) is 33.9 Å². The third-order valence-corrected chi connectivity index (χ3v) is 12.0. The average molecular weight is 815 g/mol. The molecule has 6 rings (SSSR count). The number of carbonyl (C=O) groups is 6. The number of nitrogens with zero attached hydrogens (tertiary/aromatic N) is 3. The van der Waals surface area contributed by atoms with Crippen molar-refractivity contribution in [3.05, 3.63) is 71.2 Å². The summed E-state index contributed by atoms with van der Waals surface area (Å²) in [5, 5.41) is 9.72. The van der Waals surface area contributed by atoms with E-state index in [1.165, 1.54) is 19.2 Å². The summed E-state index contributed by atoms with van der Waals surface area (Å²) in [5.74, 6) is -1.11. The summed E-state index contributed by atoms with van der Waals surface area (Å²) in [6.45, 7) is 4.67. The lowest BCUT2D eigenvalue weighted by Crippen LogP contribution is -2.48. The van der Waals surface area contributed by atoms with E-state index >= 15 is 0 Å². The van der Waals surface area contributed by atoms with Crippen LogP contribution in [0.3, 0.4) is 0 Å². The molecule has 1 aromatic heterocycles. The number of aldehydes is 1. The largest absolute Gasteiger partial charge is 0.382 e. The lowest BCUT2D eigenvalue weighted by atomic mass is 9.73. The molecular weight excluding hydrogens is 760 g/mol. The third kappa shape index (κ3) is 10.7. The van der Waals surface area contributed by atoms with Gasteiger partial charge in [0, 0.05) is 62.3 Å². The number of fused-ring (bicyclic) bond motifs is 2. The van der Waals surface area contributed by atoms with Crippen molar-refractivity contribution >= 4 is 52.4 Å². The number of aromatic nitrogens is 1. The fourth-order valence-electron chi connectivity index (χ4n) is 8.56. The zero-order chi connectivity index (χ0) is 41.9. The minimum Gasteiger partial charge on any atom is -0.382 e. The van der Waals surface area contributed by atoms with Gasteiger partial charge in [-0.2, -0.15) is 0 Å². The van der Waals surface area contributed by atoms with Gasteiger partial charge in [0.2, 0.25) is 17.7 Å². The molecule has 3 aromatic rings. The molecule has 2 aliphatic heterocycles. The summed E-state index contributed by atoms with van der Waals surface area (Å²) in [7, 11) is 1.47. The Morgan fingerprint density at radius 2 is 1.68 bits per heavy atom. The van der Waals surface area contributed by atoms with Gasteiger partial charge < -0.3 is 35.1 Å². The number of nitrogens with one attached hydrogen (secondary N) is 3. The molecule has 316 valence electrons. The first-order valence-electron chi connectivity index (χ1n) is 20.8. The van der Waals surface area contributed by atoms with E-state index in [4.69, 9.17) is 9.47 Å². The number of likely N-dealkylation sites (tertiary alicyclic amines) is 1. The molecule has 1 aliphatic carbocycles. The van der Waals surface area contributed by atoms with Gasteiger partial charge in [-0.05, 0) is 98.7 Å². The second-order valence-electron chi connectivity index (χ2n) is 15.7. The first kappa shape index (κ1) is 43.3. The fraction of sp³-hybridized carbons (Fsp3) is 0.523. The molecular formula is C44H55FN6O8. The van der Waals surface area contributed by atoms with Crippen LogP contribution in [0.2, 0.25) is 0 Å². The number of ether oxygens (including phenoxy) is 2. The smallest absolute Gasteiger partial charge is 0.264 e. The van der Waals surface area contributed by atoms with E-state index in [2.05, 4.69) is 20.9 Å². The van der Waals surface area contributed by atoms with Crippen molar-refractivity contribution < 1.29 is 42.6 Å². The molecule has 2 unspecified atom stereocenters. The van der Waals surface area contributed by atoms with Gasteiger partial charge in [0.1, 0.15) is 12.1 Å². The molecule has 59 heavy (non-hydrogen) atoms. The molecule has 3 aliphatic rings. The van der Waals surface area contributed by atoms with Gasteiger partial charge in [-0.15, -0.1) is 0 Å². The highest BCUT2D eigenvalue weighted by atomic mass is 19.1. The zero-order valence-electron chi connectivity index (χ0n) is 33.9. The van der Waals surface area contributed by atoms with E-state index in [1.54, 1.807) is 30.5 Å². The predicted molar refractivity (Wildman–Crippen MR) is 218 cm³/mol. The van der Waals surface area contributed by atoms with E-state index in [9.17, 15) is 33.2 Å². The average Bonchev–Trinajstić information content (AvgIpc) is 3.51. The first-order valence-corrected chi connectivity index (χ1v) is 20.8. The quantitative estimate of drug-likeness (QED) is 0.0880. The molecule has 0 radical (unpaired) electrons. The normalized spacial score (nSPS) is 19.3. The number of hydrogen-bond donors (Lipinski definition) is 3. The number of halogens is 1. The molecule has 3 heterocycles. The van der Waals surface area contributed by atoms with Crippen LogP contribution in [0, 0.1) is 17.7 Å². The summed E-state index contributed by atoms with van der Waals surface area (Å²) >= 11 is 0. The number of piperidine rings is 1. The minimum absolute atomic E-state index is 0.000232. The minimum atomic E-state index is -1.05. The van der Waals surface area contributed by atoms with E-state index in [1.807, 2.05) is 17.9 Å². The number of anilines is 1. The van der Waals surface area contributed by atoms with Crippen LogP contribution in [-0.4, -0.2) is 116 Å². The van der Waals surface area contributed by atoms with Crippen molar-refractivity contribution in [3.63, 3.8) is 0 Å². The van der Waals surface area contributed by atoms with Crippen LogP contribution in [0.1, 0.15) is 96.9 Å². The predicted octanol–water partition coefficient (Wildman–Crippen LogP) is 4.62. The number of amides is 5. The Balaban J connectivity index is 0.819. The van der Waals surface area contributed by atoms with Crippen molar-refractivity contribution in [2.24, 2.45) is 11.8 Å². The second kappa shape index (κ2) is 20.6. The van der Waals surface area contributed by atoms with Crippen molar-refractivity contribution in [2.75, 3.05) is 58.4 Å². The Hall–Kier alpha value is -5.28. The van der Waals surface area contributed by atoms with Gasteiger partial charge in [0.25, 0.3) is 11.8 Å². The van der Waals surface area contributed by atoms with Gasteiger partial charge in [0.15, 0.2) is 0 Å². The van der Waals surface area contributed by atoms with Crippen LogP contribution in [0.5, 0.6) is 0 Å². The third-order valence-electron chi connectivity index (χ3n) is 12.0. The van der Waals surface area contributed by atoms with Crippen LogP contribution in [0.25, 0.3) is 10.9 Å². The Bertz CT molecular complexity index is 2000. The van der Waals surface area contributed by atoms with Crippen molar-refractivity contribution in [1.82, 2.24) is 25.4 Å². The van der Waals surface area contributed by atoms with E-state index in [0.29, 0.717) is 76.1 Å². The van der Waals surface area contributed by atoms with Crippen LogP contribution in [0.4, 0.5) is 10.1 Å². The van der Waals surface area contributed by atoms with E-state index < -0.39 is 17.9 Å². The molecule has 15 heteroatoms. The van der Waals surface area contributed by atoms with Crippen LogP contribution in [-0.2, 0) is 28.7 Å². The summed E-state index contributed by atoms with van der Waals surface area (Å²) in [6, 6.07) is 10.6. The molecule has 1 saturated carbocycles. The summed E-state index contributed by atoms with van der Waals surface area (Å²) in [6.07, 6.45) is 7.79. The number of pyridine rings is 1. The molecule has 2 fully saturated rings. The fourth-order valence-corrected chi connectivity index (χ4v) is 8.56. The Morgan fingerprint density at radius 3 is 2.41 bits per heavy atom. The topological polar surface area (TPSA) is 176 Å². The molecule has 5 amide bonds. The maximum Gasteiger partial charge on any atom is 0.264 e. The molecule has 14 nitrogen and oxygen atoms in total. The van der Waals surface area contributed by atoms with Gasteiger partial charge in [-0.25, -0.2) is 4.39 Å². The molecule has 3 N–H and O–H groups in total. The molecule has 0 spiro atoms. The van der Waals surface area contributed by atoms with Crippen molar-refractivity contribution in [1.29, 1.82) is 0 Å². The van der Waals surface area contributed by atoms with Crippen LogP contribution in [0.15, 0.2) is 48.7 Å².